The van der Waals surface area contributed by atoms with Gasteiger partial charge in [0.2, 0.25) is 0 Å². The summed E-state index contributed by atoms with van der Waals surface area (Å²) in [5.74, 6) is 0.930. The number of unbranched alkanes of at least 4 members (excludes halogenated alkanes) is 13. The first kappa shape index (κ1) is 42.7. The van der Waals surface area contributed by atoms with Gasteiger partial charge in [-0.05, 0) is 24.1 Å². The maximum Gasteiger partial charge on any atom is 0.119 e. The first-order valence-electron chi connectivity index (χ1n) is 18.2. The van der Waals surface area contributed by atoms with Crippen LogP contribution in [0.3, 0.4) is 0 Å². The molecule has 0 spiro atoms. The van der Waals surface area contributed by atoms with Gasteiger partial charge in [0.05, 0.1) is 106 Å². The normalized spacial score (nSPS) is 11.4. The average Bonchev–Trinajstić information content (AvgIpc) is 3.07. The van der Waals surface area contributed by atoms with E-state index in [2.05, 4.69) is 19.1 Å². The molecule has 1 rings (SSSR count). The maximum atomic E-state index is 8.59. The molecular formula is C37H68O9. The van der Waals surface area contributed by atoms with Crippen LogP contribution in [-0.4, -0.2) is 104 Å². The molecule has 0 saturated carbocycles. The monoisotopic (exact) mass is 656 g/mol. The number of rotatable bonds is 38. The van der Waals surface area contributed by atoms with Crippen molar-refractivity contribution in [3.8, 4) is 5.75 Å². The Morgan fingerprint density at radius 1 is 0.391 bits per heavy atom. The Labute approximate surface area is 280 Å². The largest absolute Gasteiger partial charge is 0.494 e. The Bertz CT molecular complexity index is 705. The lowest BCUT2D eigenvalue weighted by Crippen LogP contribution is -2.14. The summed E-state index contributed by atoms with van der Waals surface area (Å²) in [5.41, 5.74) is 1.13. The molecule has 0 unspecified atom stereocenters. The van der Waals surface area contributed by atoms with Gasteiger partial charge >= 0.3 is 0 Å². The fourth-order valence-corrected chi connectivity index (χ4v) is 4.74. The molecule has 46 heavy (non-hydrogen) atoms. The van der Waals surface area contributed by atoms with Gasteiger partial charge in [0.15, 0.2) is 0 Å². The van der Waals surface area contributed by atoms with Gasteiger partial charge in [0, 0.05) is 0 Å². The van der Waals surface area contributed by atoms with Gasteiger partial charge in [-0.1, -0.05) is 103 Å². The molecule has 0 radical (unpaired) electrons. The molecule has 270 valence electrons. The number of aliphatic hydroxyl groups is 1. The smallest absolute Gasteiger partial charge is 0.119 e. The van der Waals surface area contributed by atoms with Gasteiger partial charge in [-0.15, -0.1) is 0 Å². The molecule has 9 nitrogen and oxygen atoms in total. The molecule has 0 atom stereocenters. The third-order valence-corrected chi connectivity index (χ3v) is 7.43. The second kappa shape index (κ2) is 36.5. The van der Waals surface area contributed by atoms with Gasteiger partial charge in [0.1, 0.15) is 5.75 Å². The zero-order valence-corrected chi connectivity index (χ0v) is 29.2. The summed E-state index contributed by atoms with van der Waals surface area (Å²) in [6.07, 6.45) is 19.2. The van der Waals surface area contributed by atoms with Crippen molar-refractivity contribution in [1.29, 1.82) is 0 Å². The van der Waals surface area contributed by atoms with E-state index in [9.17, 15) is 0 Å². The second-order valence-corrected chi connectivity index (χ2v) is 11.5. The third kappa shape index (κ3) is 31.3. The molecule has 1 N–H and O–H groups in total. The van der Waals surface area contributed by atoms with E-state index in [1.165, 1.54) is 83.5 Å². The Balaban J connectivity index is 1.78. The molecule has 1 aromatic carbocycles. The fraction of sp³-hybridized carbons (Fsp3) is 0.838. The van der Waals surface area contributed by atoms with Gasteiger partial charge in [-0.3, -0.25) is 0 Å². The molecule has 0 aliphatic rings. The minimum absolute atomic E-state index is 0.0321. The first-order valence-corrected chi connectivity index (χ1v) is 18.2. The van der Waals surface area contributed by atoms with Gasteiger partial charge in [-0.25, -0.2) is 0 Å². The molecule has 0 amide bonds. The van der Waals surface area contributed by atoms with Crippen molar-refractivity contribution in [2.45, 2.75) is 103 Å². The van der Waals surface area contributed by atoms with E-state index in [4.69, 9.17) is 43.0 Å². The van der Waals surface area contributed by atoms with Crippen molar-refractivity contribution in [3.63, 3.8) is 0 Å². The van der Waals surface area contributed by atoms with Crippen molar-refractivity contribution in [2.24, 2.45) is 0 Å². The molecule has 0 aliphatic carbocycles. The lowest BCUT2D eigenvalue weighted by Gasteiger charge is -2.09. The number of hydrogen-bond donors (Lipinski definition) is 1. The van der Waals surface area contributed by atoms with Crippen LogP contribution in [-0.2, 0) is 39.8 Å². The highest BCUT2D eigenvalue weighted by Crippen LogP contribution is 2.15. The van der Waals surface area contributed by atoms with E-state index < -0.39 is 0 Å². The summed E-state index contributed by atoms with van der Waals surface area (Å²) in [6, 6.07) is 8.20. The SMILES string of the molecule is CCCCCCCCCCCCCCCCOc1ccc(COCCOCCOCCOCCOCCOCCOCCO)cc1. The van der Waals surface area contributed by atoms with Crippen LogP contribution in [0.25, 0.3) is 0 Å². The standard InChI is InChI=1S/C37H68O9/c1-2-3-4-5-6-7-8-9-10-11-12-13-14-15-21-46-37-18-16-36(17-19-37)35-45-34-33-44-32-31-43-30-29-42-28-27-41-26-25-40-24-23-39-22-20-38/h16-19,38H,2-15,20-35H2,1H3. The van der Waals surface area contributed by atoms with Crippen molar-refractivity contribution in [1.82, 2.24) is 0 Å². The van der Waals surface area contributed by atoms with Crippen molar-refractivity contribution >= 4 is 0 Å². The highest BCUT2D eigenvalue weighted by Gasteiger charge is 1.99. The summed E-state index contributed by atoms with van der Waals surface area (Å²) in [4.78, 5) is 0. The number of aliphatic hydroxyl groups excluding tert-OH is 1. The highest BCUT2D eigenvalue weighted by molar-refractivity contribution is 5.26. The molecule has 9 heteroatoms. The Morgan fingerprint density at radius 2 is 0.739 bits per heavy atom. The Kier molecular flexibility index (Phi) is 33.9. The van der Waals surface area contributed by atoms with Crippen molar-refractivity contribution in [2.75, 3.05) is 99.1 Å². The summed E-state index contributed by atoms with van der Waals surface area (Å²) >= 11 is 0. The van der Waals surface area contributed by atoms with Crippen LogP contribution in [0.4, 0.5) is 0 Å². The molecule has 0 fully saturated rings. The van der Waals surface area contributed by atoms with Gasteiger partial charge in [0.25, 0.3) is 0 Å². The van der Waals surface area contributed by atoms with Crippen LogP contribution in [0.1, 0.15) is 102 Å². The zero-order valence-electron chi connectivity index (χ0n) is 29.2. The van der Waals surface area contributed by atoms with E-state index in [0.29, 0.717) is 92.5 Å². The predicted molar refractivity (Wildman–Crippen MR) is 184 cm³/mol. The van der Waals surface area contributed by atoms with Gasteiger partial charge in [-0.2, -0.15) is 0 Å². The summed E-state index contributed by atoms with van der Waals surface area (Å²) < 4.78 is 44.1. The van der Waals surface area contributed by atoms with E-state index in [1.807, 2.05) is 12.1 Å². The highest BCUT2D eigenvalue weighted by atomic mass is 16.6. The second-order valence-electron chi connectivity index (χ2n) is 11.5. The van der Waals surface area contributed by atoms with Crippen LogP contribution in [0.2, 0.25) is 0 Å². The molecule has 0 aliphatic heterocycles. The fourth-order valence-electron chi connectivity index (χ4n) is 4.74. The quantitative estimate of drug-likeness (QED) is 0.0745. The molecule has 0 heterocycles. The number of ether oxygens (including phenoxy) is 8. The summed E-state index contributed by atoms with van der Waals surface area (Å²) in [7, 11) is 0. The van der Waals surface area contributed by atoms with Crippen molar-refractivity contribution in [3.05, 3.63) is 29.8 Å². The summed E-state index contributed by atoms with van der Waals surface area (Å²) in [6.45, 7) is 10.2. The molecular weight excluding hydrogens is 588 g/mol. The molecule has 0 saturated heterocycles. The number of benzene rings is 1. The van der Waals surface area contributed by atoms with E-state index in [1.54, 1.807) is 0 Å². The van der Waals surface area contributed by atoms with Crippen LogP contribution < -0.4 is 4.74 Å². The van der Waals surface area contributed by atoms with Crippen LogP contribution in [0.15, 0.2) is 24.3 Å². The van der Waals surface area contributed by atoms with Crippen LogP contribution in [0.5, 0.6) is 5.75 Å². The summed E-state index contributed by atoms with van der Waals surface area (Å²) in [5, 5.41) is 8.59. The minimum atomic E-state index is 0.0321. The Hall–Kier alpha value is -1.30. The van der Waals surface area contributed by atoms with E-state index in [-0.39, 0.29) is 6.61 Å². The molecule has 0 aromatic heterocycles. The Morgan fingerprint density at radius 3 is 1.13 bits per heavy atom. The predicted octanol–water partition coefficient (Wildman–Crippen LogP) is 7.16. The molecule has 0 bridgehead atoms. The lowest BCUT2D eigenvalue weighted by molar-refractivity contribution is -0.0220. The topological polar surface area (TPSA) is 94.1 Å². The maximum absolute atomic E-state index is 8.59. The third-order valence-electron chi connectivity index (χ3n) is 7.43. The van der Waals surface area contributed by atoms with Crippen LogP contribution in [0, 0.1) is 0 Å². The first-order chi connectivity index (χ1) is 22.9. The zero-order chi connectivity index (χ0) is 32.9. The minimum Gasteiger partial charge on any atom is -0.494 e. The van der Waals surface area contributed by atoms with Crippen molar-refractivity contribution < 1.29 is 43.0 Å². The van der Waals surface area contributed by atoms with Crippen LogP contribution >= 0.6 is 0 Å². The van der Waals surface area contributed by atoms with Gasteiger partial charge < -0.3 is 43.0 Å². The lowest BCUT2D eigenvalue weighted by atomic mass is 10.0. The number of hydrogen-bond acceptors (Lipinski definition) is 9. The average molecular weight is 657 g/mol. The molecule has 1 aromatic rings. The van der Waals surface area contributed by atoms with E-state index >= 15 is 0 Å². The van der Waals surface area contributed by atoms with E-state index in [0.717, 1.165) is 24.3 Å².